The van der Waals surface area contributed by atoms with Gasteiger partial charge >= 0.3 is 0 Å². The second-order valence-electron chi connectivity index (χ2n) is 8.71. The Hall–Kier alpha value is -1.76. The predicted molar refractivity (Wildman–Crippen MR) is 118 cm³/mol. The van der Waals surface area contributed by atoms with Crippen molar-refractivity contribution in [3.05, 3.63) is 63.7 Å². The smallest absolute Gasteiger partial charge is 0.125 e. The highest BCUT2D eigenvalue weighted by Crippen LogP contribution is 2.36. The van der Waals surface area contributed by atoms with Crippen LogP contribution in [-0.4, -0.2) is 7.11 Å². The minimum absolute atomic E-state index is 0.483. The molecule has 0 aliphatic carbocycles. The summed E-state index contributed by atoms with van der Waals surface area (Å²) in [5, 5.41) is 0. The lowest BCUT2D eigenvalue weighted by Gasteiger charge is -2.20. The fourth-order valence-electron chi connectivity index (χ4n) is 4.15. The summed E-state index contributed by atoms with van der Waals surface area (Å²) in [6.07, 6.45) is 3.55. The first-order valence-corrected chi connectivity index (χ1v) is 10.5. The van der Waals surface area contributed by atoms with Crippen molar-refractivity contribution in [1.82, 2.24) is 0 Å². The number of ether oxygens (including phenoxy) is 1. The summed E-state index contributed by atoms with van der Waals surface area (Å²) in [6.45, 7) is 15.9. The Bertz CT molecular complexity index is 732. The van der Waals surface area contributed by atoms with Gasteiger partial charge in [0.2, 0.25) is 0 Å². The summed E-state index contributed by atoms with van der Waals surface area (Å²) < 4.78 is 5.80. The maximum absolute atomic E-state index is 5.80. The van der Waals surface area contributed by atoms with Crippen molar-refractivity contribution in [2.45, 2.75) is 85.5 Å². The molecule has 0 aliphatic rings. The summed E-state index contributed by atoms with van der Waals surface area (Å²) in [5.41, 5.74) is 8.56. The lowest BCUT2D eigenvalue weighted by atomic mass is 9.88. The van der Waals surface area contributed by atoms with Crippen LogP contribution >= 0.6 is 0 Å². The van der Waals surface area contributed by atoms with Gasteiger partial charge in [0.15, 0.2) is 0 Å². The van der Waals surface area contributed by atoms with Gasteiger partial charge in [0.1, 0.15) is 5.75 Å². The van der Waals surface area contributed by atoms with Gasteiger partial charge in [-0.25, -0.2) is 0 Å². The van der Waals surface area contributed by atoms with E-state index in [9.17, 15) is 0 Å². The molecular formula is C26H38O. The van der Waals surface area contributed by atoms with Crippen molar-refractivity contribution >= 4 is 0 Å². The van der Waals surface area contributed by atoms with Crippen LogP contribution in [0.25, 0.3) is 0 Å². The number of hydrogen-bond donors (Lipinski definition) is 0. The molecule has 0 bridgehead atoms. The van der Waals surface area contributed by atoms with E-state index in [0.717, 1.165) is 12.2 Å². The van der Waals surface area contributed by atoms with Crippen molar-refractivity contribution < 1.29 is 4.74 Å². The van der Waals surface area contributed by atoms with Gasteiger partial charge in [-0.1, -0.05) is 65.0 Å². The molecule has 2 aromatic carbocycles. The lowest BCUT2D eigenvalue weighted by Crippen LogP contribution is -2.04. The molecule has 1 nitrogen and oxygen atoms in total. The minimum atomic E-state index is 0.483. The van der Waals surface area contributed by atoms with E-state index < -0.39 is 0 Å². The fraction of sp³-hybridized carbons (Fsp3) is 0.538. The Morgan fingerprint density at radius 3 is 1.96 bits per heavy atom. The number of methoxy groups -OCH3 is 1. The van der Waals surface area contributed by atoms with E-state index in [-0.39, 0.29) is 0 Å². The van der Waals surface area contributed by atoms with E-state index in [1.807, 2.05) is 0 Å². The average molecular weight is 367 g/mol. The van der Waals surface area contributed by atoms with Crippen molar-refractivity contribution in [3.63, 3.8) is 0 Å². The minimum Gasteiger partial charge on any atom is -0.496 e. The summed E-state index contributed by atoms with van der Waals surface area (Å²) in [5.74, 6) is 2.68. The molecule has 0 spiro atoms. The Morgan fingerprint density at radius 1 is 0.852 bits per heavy atom. The van der Waals surface area contributed by atoms with Gasteiger partial charge in [0.05, 0.1) is 7.11 Å². The van der Waals surface area contributed by atoms with Crippen LogP contribution in [0.4, 0.5) is 0 Å². The molecule has 0 radical (unpaired) electrons. The zero-order chi connectivity index (χ0) is 20.1. The highest BCUT2D eigenvalue weighted by Gasteiger charge is 2.17. The topological polar surface area (TPSA) is 9.23 Å². The molecule has 27 heavy (non-hydrogen) atoms. The van der Waals surface area contributed by atoms with Crippen LogP contribution in [0, 0.1) is 13.8 Å². The standard InChI is InChI=1S/C26H38O/c1-17(2)22-15-20(6)24(21(7)16-22)13-9-11-19(5)25-14-10-12-23(18(3)4)26(25)27-8/h10,12,14-19H,9,11,13H2,1-8H3. The maximum Gasteiger partial charge on any atom is 0.125 e. The van der Waals surface area contributed by atoms with Crippen molar-refractivity contribution in [1.29, 1.82) is 0 Å². The second kappa shape index (κ2) is 9.44. The van der Waals surface area contributed by atoms with E-state index in [1.54, 1.807) is 7.11 Å². The van der Waals surface area contributed by atoms with Crippen molar-refractivity contribution in [2.24, 2.45) is 0 Å². The molecule has 0 saturated heterocycles. The first-order valence-electron chi connectivity index (χ1n) is 10.5. The molecule has 0 aromatic heterocycles. The molecule has 1 heteroatoms. The zero-order valence-electron chi connectivity index (χ0n) is 18.6. The number of para-hydroxylation sites is 1. The zero-order valence-corrected chi connectivity index (χ0v) is 18.6. The van der Waals surface area contributed by atoms with Gasteiger partial charge in [-0.3, -0.25) is 0 Å². The first-order chi connectivity index (χ1) is 12.8. The molecule has 0 aliphatic heterocycles. The number of aryl methyl sites for hydroxylation is 2. The average Bonchev–Trinajstić information content (AvgIpc) is 2.62. The maximum atomic E-state index is 5.80. The first kappa shape index (κ1) is 21.5. The van der Waals surface area contributed by atoms with Crippen molar-refractivity contribution in [2.75, 3.05) is 7.11 Å². The highest BCUT2D eigenvalue weighted by molar-refractivity contribution is 5.45. The molecule has 0 fully saturated rings. The van der Waals surface area contributed by atoms with Gasteiger partial charge in [-0.05, 0) is 84.2 Å². The Kier molecular flexibility index (Phi) is 7.53. The van der Waals surface area contributed by atoms with Gasteiger partial charge in [-0.2, -0.15) is 0 Å². The number of rotatable bonds is 8. The van der Waals surface area contributed by atoms with Crippen LogP contribution < -0.4 is 4.74 Å². The fourth-order valence-corrected chi connectivity index (χ4v) is 4.15. The molecule has 0 saturated carbocycles. The lowest BCUT2D eigenvalue weighted by molar-refractivity contribution is 0.397. The highest BCUT2D eigenvalue weighted by atomic mass is 16.5. The molecular weight excluding hydrogens is 328 g/mol. The summed E-state index contributed by atoms with van der Waals surface area (Å²) in [7, 11) is 1.81. The molecule has 0 amide bonds. The number of benzene rings is 2. The Balaban J connectivity index is 2.09. The normalized spacial score (nSPS) is 12.7. The van der Waals surface area contributed by atoms with E-state index in [2.05, 4.69) is 78.8 Å². The predicted octanol–water partition coefficient (Wildman–Crippen LogP) is 7.69. The summed E-state index contributed by atoms with van der Waals surface area (Å²) in [6, 6.07) is 11.4. The monoisotopic (exact) mass is 366 g/mol. The molecule has 1 atom stereocenters. The van der Waals surface area contributed by atoms with E-state index in [1.165, 1.54) is 46.2 Å². The van der Waals surface area contributed by atoms with Crippen LogP contribution in [0.5, 0.6) is 5.75 Å². The van der Waals surface area contributed by atoms with Gasteiger partial charge in [0, 0.05) is 0 Å². The molecule has 1 unspecified atom stereocenters. The molecule has 2 aromatic rings. The van der Waals surface area contributed by atoms with Crippen molar-refractivity contribution in [3.8, 4) is 5.75 Å². The third kappa shape index (κ3) is 5.15. The van der Waals surface area contributed by atoms with Crippen LogP contribution in [-0.2, 0) is 6.42 Å². The molecule has 2 rings (SSSR count). The van der Waals surface area contributed by atoms with E-state index in [0.29, 0.717) is 17.8 Å². The van der Waals surface area contributed by atoms with Crippen LogP contribution in [0.2, 0.25) is 0 Å². The quantitative estimate of drug-likeness (QED) is 0.465. The van der Waals surface area contributed by atoms with E-state index in [4.69, 9.17) is 4.74 Å². The SMILES string of the molecule is COc1c(C(C)C)cccc1C(C)CCCc1c(C)cc(C(C)C)cc1C. The third-order valence-electron chi connectivity index (χ3n) is 5.88. The summed E-state index contributed by atoms with van der Waals surface area (Å²) >= 11 is 0. The third-order valence-corrected chi connectivity index (χ3v) is 5.88. The van der Waals surface area contributed by atoms with Gasteiger partial charge < -0.3 is 4.74 Å². The second-order valence-corrected chi connectivity index (χ2v) is 8.71. The van der Waals surface area contributed by atoms with E-state index >= 15 is 0 Å². The molecule has 0 N–H and O–H groups in total. The molecule has 0 heterocycles. The number of hydrogen-bond acceptors (Lipinski definition) is 1. The van der Waals surface area contributed by atoms with Crippen LogP contribution in [0.15, 0.2) is 30.3 Å². The Morgan fingerprint density at radius 2 is 1.44 bits per heavy atom. The van der Waals surface area contributed by atoms with Crippen LogP contribution in [0.1, 0.15) is 98.6 Å². The van der Waals surface area contributed by atoms with Gasteiger partial charge in [0.25, 0.3) is 0 Å². The Labute approximate surface area is 167 Å². The molecule has 148 valence electrons. The van der Waals surface area contributed by atoms with Crippen LogP contribution in [0.3, 0.4) is 0 Å². The summed E-state index contributed by atoms with van der Waals surface area (Å²) in [4.78, 5) is 0. The largest absolute Gasteiger partial charge is 0.496 e. The van der Waals surface area contributed by atoms with Gasteiger partial charge in [-0.15, -0.1) is 0 Å².